The molecular formula is C12H22N6. The van der Waals surface area contributed by atoms with Crippen molar-refractivity contribution in [3.05, 3.63) is 0 Å². The third kappa shape index (κ3) is 3.21. The monoisotopic (exact) mass is 250 g/mol. The molecule has 0 aromatic carbocycles. The molecule has 0 saturated carbocycles. The summed E-state index contributed by atoms with van der Waals surface area (Å²) in [5.74, 6) is 2.08. The number of hydrogen-bond donors (Lipinski definition) is 2. The van der Waals surface area contributed by atoms with Gasteiger partial charge in [0, 0.05) is 25.7 Å². The van der Waals surface area contributed by atoms with Crippen molar-refractivity contribution in [2.24, 2.45) is 0 Å². The highest BCUT2D eigenvalue weighted by Gasteiger charge is 2.17. The molecule has 1 aromatic heterocycles. The lowest BCUT2D eigenvalue weighted by atomic mass is 10.4. The quantitative estimate of drug-likeness (QED) is 0.829. The Balaban J connectivity index is 2.23. The van der Waals surface area contributed by atoms with Crippen LogP contribution in [0.4, 0.5) is 17.8 Å². The maximum Gasteiger partial charge on any atom is 0.231 e. The van der Waals surface area contributed by atoms with E-state index in [9.17, 15) is 0 Å². The number of nitrogens with zero attached hydrogens (tertiary/aromatic N) is 4. The fourth-order valence-electron chi connectivity index (χ4n) is 1.98. The van der Waals surface area contributed by atoms with E-state index in [1.165, 1.54) is 12.8 Å². The van der Waals surface area contributed by atoms with Gasteiger partial charge in [0.2, 0.25) is 17.8 Å². The lowest BCUT2D eigenvalue weighted by Crippen LogP contribution is -2.23. The van der Waals surface area contributed by atoms with Crippen molar-refractivity contribution in [2.75, 3.05) is 35.2 Å². The Morgan fingerprint density at radius 3 is 2.39 bits per heavy atom. The van der Waals surface area contributed by atoms with Crippen LogP contribution in [0.25, 0.3) is 0 Å². The second-order valence-corrected chi connectivity index (χ2v) is 4.81. The third-order valence-corrected chi connectivity index (χ3v) is 2.77. The van der Waals surface area contributed by atoms with Crippen molar-refractivity contribution in [1.29, 1.82) is 0 Å². The first-order valence-electron chi connectivity index (χ1n) is 6.70. The molecule has 2 rings (SSSR count). The minimum atomic E-state index is 0.313. The highest BCUT2D eigenvalue weighted by molar-refractivity contribution is 5.44. The predicted molar refractivity (Wildman–Crippen MR) is 74.2 cm³/mol. The van der Waals surface area contributed by atoms with E-state index in [1.54, 1.807) is 0 Å². The molecule has 6 heteroatoms. The average Bonchev–Trinajstić information content (AvgIpc) is 2.81. The van der Waals surface area contributed by atoms with E-state index in [0.29, 0.717) is 17.9 Å². The number of aromatic nitrogens is 3. The summed E-state index contributed by atoms with van der Waals surface area (Å²) in [5.41, 5.74) is 0. The van der Waals surface area contributed by atoms with Crippen LogP contribution < -0.4 is 15.5 Å². The molecule has 0 atom stereocenters. The molecule has 0 spiro atoms. The van der Waals surface area contributed by atoms with Crippen LogP contribution in [-0.4, -0.2) is 40.6 Å². The SMILES string of the molecule is CCNc1nc(NC(C)C)nc(N2CCCC2)n1. The number of hydrogen-bond acceptors (Lipinski definition) is 6. The Labute approximate surface area is 108 Å². The van der Waals surface area contributed by atoms with Gasteiger partial charge in [-0.05, 0) is 33.6 Å². The standard InChI is InChI=1S/C12H22N6/c1-4-13-10-15-11(14-9(2)3)17-12(16-10)18-7-5-6-8-18/h9H,4-8H2,1-3H3,(H2,13,14,15,16,17). The van der Waals surface area contributed by atoms with E-state index in [1.807, 2.05) is 6.92 Å². The summed E-state index contributed by atoms with van der Waals surface area (Å²) in [5, 5.41) is 6.39. The molecule has 0 amide bonds. The summed E-state index contributed by atoms with van der Waals surface area (Å²) >= 11 is 0. The van der Waals surface area contributed by atoms with Crippen LogP contribution in [0.5, 0.6) is 0 Å². The molecule has 18 heavy (non-hydrogen) atoms. The zero-order chi connectivity index (χ0) is 13.0. The lowest BCUT2D eigenvalue weighted by Gasteiger charge is -2.17. The topological polar surface area (TPSA) is 66.0 Å². The van der Waals surface area contributed by atoms with Crippen LogP contribution >= 0.6 is 0 Å². The first kappa shape index (κ1) is 12.9. The molecule has 1 aromatic rings. The van der Waals surface area contributed by atoms with Crippen molar-refractivity contribution in [1.82, 2.24) is 15.0 Å². The van der Waals surface area contributed by atoms with Gasteiger partial charge in [-0.15, -0.1) is 0 Å². The van der Waals surface area contributed by atoms with Crippen LogP contribution in [0.15, 0.2) is 0 Å². The van der Waals surface area contributed by atoms with Gasteiger partial charge in [-0.2, -0.15) is 15.0 Å². The van der Waals surface area contributed by atoms with Gasteiger partial charge in [0.15, 0.2) is 0 Å². The number of rotatable bonds is 5. The molecule has 2 heterocycles. The van der Waals surface area contributed by atoms with Gasteiger partial charge in [0.25, 0.3) is 0 Å². The Morgan fingerprint density at radius 2 is 1.78 bits per heavy atom. The Kier molecular flexibility index (Phi) is 4.17. The Morgan fingerprint density at radius 1 is 1.11 bits per heavy atom. The average molecular weight is 250 g/mol. The molecule has 0 bridgehead atoms. The largest absolute Gasteiger partial charge is 0.354 e. The molecule has 1 fully saturated rings. The minimum absolute atomic E-state index is 0.313. The maximum absolute atomic E-state index is 4.49. The lowest BCUT2D eigenvalue weighted by molar-refractivity contribution is 0.842. The summed E-state index contributed by atoms with van der Waals surface area (Å²) < 4.78 is 0. The smallest absolute Gasteiger partial charge is 0.231 e. The van der Waals surface area contributed by atoms with Gasteiger partial charge in [0.1, 0.15) is 0 Å². The Hall–Kier alpha value is -1.59. The molecule has 0 aliphatic carbocycles. The molecule has 1 aliphatic rings. The van der Waals surface area contributed by atoms with Gasteiger partial charge in [-0.25, -0.2) is 0 Å². The second kappa shape index (κ2) is 5.84. The van der Waals surface area contributed by atoms with E-state index in [0.717, 1.165) is 25.6 Å². The number of nitrogens with one attached hydrogen (secondary N) is 2. The van der Waals surface area contributed by atoms with Gasteiger partial charge in [0.05, 0.1) is 0 Å². The fourth-order valence-corrected chi connectivity index (χ4v) is 1.98. The van der Waals surface area contributed by atoms with Crippen molar-refractivity contribution < 1.29 is 0 Å². The predicted octanol–water partition coefficient (Wildman–Crippen LogP) is 1.72. The third-order valence-electron chi connectivity index (χ3n) is 2.77. The minimum Gasteiger partial charge on any atom is -0.354 e. The summed E-state index contributed by atoms with van der Waals surface area (Å²) in [6.07, 6.45) is 2.43. The van der Waals surface area contributed by atoms with E-state index in [-0.39, 0.29) is 0 Å². The Bertz CT molecular complexity index is 386. The van der Waals surface area contributed by atoms with Gasteiger partial charge < -0.3 is 15.5 Å². The van der Waals surface area contributed by atoms with Crippen LogP contribution in [0.2, 0.25) is 0 Å². The van der Waals surface area contributed by atoms with Crippen molar-refractivity contribution >= 4 is 17.8 Å². The first-order valence-corrected chi connectivity index (χ1v) is 6.70. The zero-order valence-electron chi connectivity index (χ0n) is 11.4. The maximum atomic E-state index is 4.49. The highest BCUT2D eigenvalue weighted by atomic mass is 15.3. The van der Waals surface area contributed by atoms with E-state index >= 15 is 0 Å². The van der Waals surface area contributed by atoms with Crippen molar-refractivity contribution in [2.45, 2.75) is 39.7 Å². The first-order chi connectivity index (χ1) is 8.69. The van der Waals surface area contributed by atoms with Crippen LogP contribution in [0.3, 0.4) is 0 Å². The number of anilines is 3. The normalized spacial score (nSPS) is 15.2. The summed E-state index contributed by atoms with van der Waals surface area (Å²) in [4.78, 5) is 15.5. The van der Waals surface area contributed by atoms with E-state index < -0.39 is 0 Å². The fraction of sp³-hybridized carbons (Fsp3) is 0.750. The molecule has 1 saturated heterocycles. The van der Waals surface area contributed by atoms with E-state index in [4.69, 9.17) is 0 Å². The van der Waals surface area contributed by atoms with Crippen molar-refractivity contribution in [3.63, 3.8) is 0 Å². The summed E-state index contributed by atoms with van der Waals surface area (Å²) in [7, 11) is 0. The molecule has 100 valence electrons. The highest BCUT2D eigenvalue weighted by Crippen LogP contribution is 2.18. The molecule has 1 aliphatic heterocycles. The van der Waals surface area contributed by atoms with Crippen LogP contribution in [0.1, 0.15) is 33.6 Å². The van der Waals surface area contributed by atoms with Gasteiger partial charge in [-0.3, -0.25) is 0 Å². The molecule has 2 N–H and O–H groups in total. The zero-order valence-corrected chi connectivity index (χ0v) is 11.4. The van der Waals surface area contributed by atoms with Crippen molar-refractivity contribution in [3.8, 4) is 0 Å². The molecular weight excluding hydrogens is 228 g/mol. The molecule has 0 radical (unpaired) electrons. The van der Waals surface area contributed by atoms with Crippen LogP contribution in [0, 0.1) is 0 Å². The summed E-state index contributed by atoms with van der Waals surface area (Å²) in [6.45, 7) is 9.07. The van der Waals surface area contributed by atoms with Crippen LogP contribution in [-0.2, 0) is 0 Å². The van der Waals surface area contributed by atoms with Gasteiger partial charge >= 0.3 is 0 Å². The second-order valence-electron chi connectivity index (χ2n) is 4.81. The molecule has 6 nitrogen and oxygen atoms in total. The van der Waals surface area contributed by atoms with E-state index in [2.05, 4.69) is 44.3 Å². The van der Waals surface area contributed by atoms with Gasteiger partial charge in [-0.1, -0.05) is 0 Å². The summed E-state index contributed by atoms with van der Waals surface area (Å²) in [6, 6.07) is 0.313. The molecule has 0 unspecified atom stereocenters.